The molecule has 19 heavy (non-hydrogen) atoms. The van der Waals surface area contributed by atoms with E-state index in [4.69, 9.17) is 0 Å². The molecule has 0 atom stereocenters. The molecule has 1 heterocycles. The van der Waals surface area contributed by atoms with Gasteiger partial charge in [0.15, 0.2) is 11.6 Å². The molecule has 1 aromatic heterocycles. The maximum Gasteiger partial charge on any atom is 0.355 e. The van der Waals surface area contributed by atoms with Crippen LogP contribution < -0.4 is 5.56 Å². The summed E-state index contributed by atoms with van der Waals surface area (Å²) in [6, 6.07) is 5.93. The number of halogens is 2. The number of methoxy groups -OCH3 is 1. The molecule has 1 aromatic carbocycles. The van der Waals surface area contributed by atoms with Crippen LogP contribution in [-0.2, 0) is 4.74 Å². The Balaban J connectivity index is 2.72. The van der Waals surface area contributed by atoms with Gasteiger partial charge < -0.3 is 9.72 Å². The molecule has 0 radical (unpaired) electrons. The fourth-order valence-corrected chi connectivity index (χ4v) is 1.67. The standard InChI is InChI=1S/C13H9F2NO3/c1-19-13(18)12-8(5-6-10(17)16-12)7-3-2-4-9(14)11(7)15/h2-6H,1H3,(H,16,17). The van der Waals surface area contributed by atoms with Crippen molar-refractivity contribution in [1.29, 1.82) is 0 Å². The van der Waals surface area contributed by atoms with Crippen LogP contribution in [0.3, 0.4) is 0 Å². The average Bonchev–Trinajstić information content (AvgIpc) is 2.41. The zero-order valence-electron chi connectivity index (χ0n) is 9.87. The van der Waals surface area contributed by atoms with Gasteiger partial charge in [0.05, 0.1) is 7.11 Å². The first kappa shape index (κ1) is 12.9. The lowest BCUT2D eigenvalue weighted by Crippen LogP contribution is -2.15. The van der Waals surface area contributed by atoms with Crippen molar-refractivity contribution >= 4 is 5.97 Å². The van der Waals surface area contributed by atoms with E-state index in [1.807, 2.05) is 0 Å². The first-order valence-corrected chi connectivity index (χ1v) is 5.30. The first-order chi connectivity index (χ1) is 9.04. The lowest BCUT2D eigenvalue weighted by molar-refractivity contribution is 0.0594. The minimum atomic E-state index is -1.10. The van der Waals surface area contributed by atoms with Gasteiger partial charge in [-0.15, -0.1) is 0 Å². The van der Waals surface area contributed by atoms with Gasteiger partial charge in [-0.25, -0.2) is 13.6 Å². The van der Waals surface area contributed by atoms with Crippen LogP contribution in [0.5, 0.6) is 0 Å². The van der Waals surface area contributed by atoms with E-state index in [2.05, 4.69) is 9.72 Å². The van der Waals surface area contributed by atoms with Crippen molar-refractivity contribution in [3.8, 4) is 11.1 Å². The van der Waals surface area contributed by atoms with Crippen LogP contribution in [0.4, 0.5) is 8.78 Å². The van der Waals surface area contributed by atoms with Crippen molar-refractivity contribution in [3.05, 3.63) is 58.0 Å². The van der Waals surface area contributed by atoms with Gasteiger partial charge in [0, 0.05) is 17.2 Å². The summed E-state index contributed by atoms with van der Waals surface area (Å²) in [5, 5.41) is 0. The number of hydrogen-bond donors (Lipinski definition) is 1. The highest BCUT2D eigenvalue weighted by molar-refractivity contribution is 5.95. The number of carbonyl (C=O) groups is 1. The molecular weight excluding hydrogens is 256 g/mol. The molecule has 0 fully saturated rings. The Morgan fingerprint density at radius 1 is 1.16 bits per heavy atom. The van der Waals surface area contributed by atoms with Crippen LogP contribution in [0.15, 0.2) is 35.1 Å². The van der Waals surface area contributed by atoms with Crippen LogP contribution in [0.2, 0.25) is 0 Å². The monoisotopic (exact) mass is 265 g/mol. The zero-order valence-corrected chi connectivity index (χ0v) is 9.87. The van der Waals surface area contributed by atoms with E-state index < -0.39 is 23.2 Å². The van der Waals surface area contributed by atoms with Crippen molar-refractivity contribution < 1.29 is 18.3 Å². The second-order valence-corrected chi connectivity index (χ2v) is 3.70. The van der Waals surface area contributed by atoms with Crippen molar-refractivity contribution in [2.45, 2.75) is 0 Å². The summed E-state index contributed by atoms with van der Waals surface area (Å²) in [4.78, 5) is 25.0. The molecule has 6 heteroatoms. The fourth-order valence-electron chi connectivity index (χ4n) is 1.67. The predicted molar refractivity (Wildman–Crippen MR) is 63.8 cm³/mol. The summed E-state index contributed by atoms with van der Waals surface area (Å²) in [5.41, 5.74) is -0.833. The summed E-state index contributed by atoms with van der Waals surface area (Å²) in [5.74, 6) is -2.98. The number of benzene rings is 1. The number of hydrogen-bond acceptors (Lipinski definition) is 3. The summed E-state index contributed by atoms with van der Waals surface area (Å²) in [6.07, 6.45) is 0. The van der Waals surface area contributed by atoms with Crippen LogP contribution in [0, 0.1) is 11.6 Å². The number of pyridine rings is 1. The number of ether oxygens (including phenoxy) is 1. The second kappa shape index (κ2) is 5.01. The predicted octanol–water partition coefficient (Wildman–Crippen LogP) is 2.11. The molecule has 0 bridgehead atoms. The number of aromatic amines is 1. The summed E-state index contributed by atoms with van der Waals surface area (Å²) in [6.45, 7) is 0. The van der Waals surface area contributed by atoms with E-state index >= 15 is 0 Å². The molecule has 98 valence electrons. The van der Waals surface area contributed by atoms with Gasteiger partial charge in [0.25, 0.3) is 0 Å². The molecule has 0 unspecified atom stereocenters. The number of H-pyrrole nitrogens is 1. The molecule has 0 aliphatic heterocycles. The normalized spacial score (nSPS) is 10.3. The smallest absolute Gasteiger partial charge is 0.355 e. The lowest BCUT2D eigenvalue weighted by Gasteiger charge is -2.08. The molecule has 0 saturated carbocycles. The van der Waals surface area contributed by atoms with E-state index in [0.717, 1.165) is 19.2 Å². The molecule has 0 aliphatic rings. The van der Waals surface area contributed by atoms with Crippen LogP contribution in [0.25, 0.3) is 11.1 Å². The maximum absolute atomic E-state index is 13.7. The number of esters is 1. The Kier molecular flexibility index (Phi) is 3.41. The van der Waals surface area contributed by atoms with E-state index in [1.165, 1.54) is 18.2 Å². The Labute approximate surface area is 106 Å². The first-order valence-electron chi connectivity index (χ1n) is 5.30. The largest absolute Gasteiger partial charge is 0.464 e. The molecule has 0 amide bonds. The molecule has 1 N–H and O–H groups in total. The van der Waals surface area contributed by atoms with Gasteiger partial charge in [-0.05, 0) is 12.1 Å². The third kappa shape index (κ3) is 2.37. The SMILES string of the molecule is COC(=O)c1[nH]c(=O)ccc1-c1cccc(F)c1F. The Hall–Kier alpha value is -2.50. The van der Waals surface area contributed by atoms with Gasteiger partial charge in [-0.3, -0.25) is 4.79 Å². The number of aromatic nitrogens is 1. The van der Waals surface area contributed by atoms with E-state index in [0.29, 0.717) is 0 Å². The topological polar surface area (TPSA) is 59.2 Å². The maximum atomic E-state index is 13.7. The molecule has 0 aliphatic carbocycles. The summed E-state index contributed by atoms with van der Waals surface area (Å²) in [7, 11) is 1.12. The molecule has 0 saturated heterocycles. The molecule has 2 aromatic rings. The zero-order chi connectivity index (χ0) is 14.0. The number of carbonyl (C=O) groups excluding carboxylic acids is 1. The number of rotatable bonds is 2. The molecule has 0 spiro atoms. The minimum Gasteiger partial charge on any atom is -0.464 e. The molecular formula is C13H9F2NO3. The third-order valence-electron chi connectivity index (χ3n) is 2.55. The van der Waals surface area contributed by atoms with Gasteiger partial charge in [0.1, 0.15) is 5.69 Å². The fraction of sp³-hybridized carbons (Fsp3) is 0.0769. The average molecular weight is 265 g/mol. The van der Waals surface area contributed by atoms with Gasteiger partial charge in [-0.1, -0.05) is 12.1 Å². The number of nitrogens with one attached hydrogen (secondary N) is 1. The van der Waals surface area contributed by atoms with Crippen LogP contribution in [-0.4, -0.2) is 18.1 Å². The minimum absolute atomic E-state index is 0.0588. The molecule has 4 nitrogen and oxygen atoms in total. The van der Waals surface area contributed by atoms with Crippen molar-refractivity contribution in [3.63, 3.8) is 0 Å². The van der Waals surface area contributed by atoms with Crippen molar-refractivity contribution in [2.75, 3.05) is 7.11 Å². The quantitative estimate of drug-likeness (QED) is 0.846. The Morgan fingerprint density at radius 3 is 2.58 bits per heavy atom. The second-order valence-electron chi connectivity index (χ2n) is 3.70. The highest BCUT2D eigenvalue weighted by atomic mass is 19.2. The Bertz CT molecular complexity index is 695. The van der Waals surface area contributed by atoms with Crippen molar-refractivity contribution in [2.24, 2.45) is 0 Å². The van der Waals surface area contributed by atoms with E-state index in [9.17, 15) is 18.4 Å². The summed E-state index contributed by atoms with van der Waals surface area (Å²) >= 11 is 0. The highest BCUT2D eigenvalue weighted by Gasteiger charge is 2.18. The summed E-state index contributed by atoms with van der Waals surface area (Å²) < 4.78 is 31.4. The lowest BCUT2D eigenvalue weighted by atomic mass is 10.0. The van der Waals surface area contributed by atoms with Crippen molar-refractivity contribution in [1.82, 2.24) is 4.98 Å². The van der Waals surface area contributed by atoms with Gasteiger partial charge in [0.2, 0.25) is 5.56 Å². The van der Waals surface area contributed by atoms with Gasteiger partial charge in [-0.2, -0.15) is 0 Å². The van der Waals surface area contributed by atoms with Crippen LogP contribution in [0.1, 0.15) is 10.5 Å². The Morgan fingerprint density at radius 2 is 1.89 bits per heavy atom. The van der Waals surface area contributed by atoms with E-state index in [-0.39, 0.29) is 16.8 Å². The highest BCUT2D eigenvalue weighted by Crippen LogP contribution is 2.26. The van der Waals surface area contributed by atoms with Crippen LogP contribution >= 0.6 is 0 Å². The molecule has 2 rings (SSSR count). The third-order valence-corrected chi connectivity index (χ3v) is 2.55. The van der Waals surface area contributed by atoms with Gasteiger partial charge >= 0.3 is 5.97 Å². The van der Waals surface area contributed by atoms with E-state index in [1.54, 1.807) is 0 Å².